The van der Waals surface area contributed by atoms with Gasteiger partial charge in [-0.05, 0) is 124 Å². The van der Waals surface area contributed by atoms with Gasteiger partial charge in [0.15, 0.2) is 6.29 Å². The molecule has 3 fully saturated rings. The molecule has 2 atom stereocenters. The van der Waals surface area contributed by atoms with Crippen molar-refractivity contribution in [1.29, 1.82) is 0 Å². The van der Waals surface area contributed by atoms with Crippen molar-refractivity contribution in [2.24, 2.45) is 23.7 Å². The third kappa shape index (κ3) is 9.44. The molecule has 2 saturated carbocycles. The minimum absolute atomic E-state index is 0.0413. The number of allylic oxidation sites excluding steroid dienone is 1. The molecule has 1 aliphatic heterocycles. The molecule has 1 heterocycles. The average molecular weight is 531 g/mol. The van der Waals surface area contributed by atoms with Gasteiger partial charge in [-0.15, -0.1) is 0 Å². The normalized spacial score (nSPS) is 30.2. The Morgan fingerprint density at radius 1 is 0.763 bits per heavy atom. The van der Waals surface area contributed by atoms with Crippen LogP contribution in [0.2, 0.25) is 0 Å². The summed E-state index contributed by atoms with van der Waals surface area (Å²) >= 11 is 0. The van der Waals surface area contributed by atoms with Crippen LogP contribution in [0.3, 0.4) is 0 Å². The molecule has 0 amide bonds. The fraction of sp³-hybridized carbons (Fsp3) is 0.765. The predicted octanol–water partition coefficient (Wildman–Crippen LogP) is 10.2. The highest BCUT2D eigenvalue weighted by Gasteiger charge is 2.35. The SMILES string of the molecule is CCCCCCCCOC1CCC(C2CCC(C3CCC(c4ccc(CC=C(F)F)cc4)CC3)CC2)CO1. The van der Waals surface area contributed by atoms with Gasteiger partial charge in [0.2, 0.25) is 0 Å². The Hall–Kier alpha value is -1.26. The number of benzene rings is 1. The summed E-state index contributed by atoms with van der Waals surface area (Å²) in [5, 5.41) is 0. The van der Waals surface area contributed by atoms with Crippen molar-refractivity contribution in [2.75, 3.05) is 13.2 Å². The second-order valence-electron chi connectivity index (χ2n) is 12.5. The molecule has 2 aliphatic carbocycles. The van der Waals surface area contributed by atoms with Crippen molar-refractivity contribution in [3.8, 4) is 0 Å². The molecule has 214 valence electrons. The smallest absolute Gasteiger partial charge is 0.266 e. The Balaban J connectivity index is 1.08. The van der Waals surface area contributed by atoms with Crippen molar-refractivity contribution in [2.45, 2.75) is 128 Å². The number of rotatable bonds is 13. The van der Waals surface area contributed by atoms with Crippen molar-refractivity contribution >= 4 is 0 Å². The molecule has 1 aromatic rings. The van der Waals surface area contributed by atoms with Gasteiger partial charge in [0.25, 0.3) is 6.08 Å². The third-order valence-corrected chi connectivity index (χ3v) is 9.94. The first-order valence-corrected chi connectivity index (χ1v) is 16.0. The van der Waals surface area contributed by atoms with Crippen molar-refractivity contribution in [3.63, 3.8) is 0 Å². The van der Waals surface area contributed by atoms with Gasteiger partial charge in [0.05, 0.1) is 6.61 Å². The van der Waals surface area contributed by atoms with Crippen LogP contribution in [0.5, 0.6) is 0 Å². The summed E-state index contributed by atoms with van der Waals surface area (Å²) in [5.41, 5.74) is 2.36. The Morgan fingerprint density at radius 2 is 1.34 bits per heavy atom. The molecule has 38 heavy (non-hydrogen) atoms. The van der Waals surface area contributed by atoms with E-state index in [-0.39, 0.29) is 6.29 Å². The molecule has 1 aromatic carbocycles. The van der Waals surface area contributed by atoms with Crippen LogP contribution in [0, 0.1) is 23.7 Å². The monoisotopic (exact) mass is 530 g/mol. The third-order valence-electron chi connectivity index (χ3n) is 9.94. The zero-order valence-electron chi connectivity index (χ0n) is 23.9. The summed E-state index contributed by atoms with van der Waals surface area (Å²) in [5.74, 6) is 4.03. The van der Waals surface area contributed by atoms with Gasteiger partial charge < -0.3 is 9.47 Å². The number of hydrogen-bond acceptors (Lipinski definition) is 2. The van der Waals surface area contributed by atoms with Gasteiger partial charge in [-0.3, -0.25) is 0 Å². The van der Waals surface area contributed by atoms with E-state index in [1.807, 2.05) is 12.1 Å². The highest BCUT2D eigenvalue weighted by Crippen LogP contribution is 2.46. The van der Waals surface area contributed by atoms with Gasteiger partial charge in [0, 0.05) is 6.61 Å². The first kappa shape index (κ1) is 29.7. The van der Waals surface area contributed by atoms with Crippen LogP contribution in [-0.2, 0) is 15.9 Å². The summed E-state index contributed by atoms with van der Waals surface area (Å²) in [6.45, 7) is 4.03. The molecule has 1 saturated heterocycles. The molecule has 4 rings (SSSR count). The minimum atomic E-state index is -1.59. The Labute approximate surface area is 231 Å². The average Bonchev–Trinajstić information content (AvgIpc) is 2.96. The molecule has 0 bridgehead atoms. The van der Waals surface area contributed by atoms with Crippen molar-refractivity contribution < 1.29 is 18.3 Å². The molecular weight excluding hydrogens is 478 g/mol. The van der Waals surface area contributed by atoms with Crippen LogP contribution in [0.1, 0.15) is 127 Å². The van der Waals surface area contributed by atoms with Gasteiger partial charge >= 0.3 is 0 Å². The zero-order valence-corrected chi connectivity index (χ0v) is 23.9. The molecule has 0 aromatic heterocycles. The van der Waals surface area contributed by atoms with Crippen LogP contribution in [0.4, 0.5) is 8.78 Å². The quantitative estimate of drug-likeness (QED) is 0.236. The van der Waals surface area contributed by atoms with E-state index in [2.05, 4.69) is 19.1 Å². The fourth-order valence-corrected chi connectivity index (χ4v) is 7.48. The van der Waals surface area contributed by atoms with E-state index < -0.39 is 6.08 Å². The number of ether oxygens (including phenoxy) is 2. The maximum atomic E-state index is 12.3. The summed E-state index contributed by atoms with van der Waals surface area (Å²) in [6, 6.07) is 8.40. The zero-order chi connectivity index (χ0) is 26.6. The second-order valence-corrected chi connectivity index (χ2v) is 12.5. The molecule has 3 aliphatic rings. The predicted molar refractivity (Wildman–Crippen MR) is 152 cm³/mol. The standard InChI is InChI=1S/C34H52F2O2/c1-2-3-4-5-6-7-24-37-34-23-21-32(25-38-34)31-19-17-30(18-20-31)29-15-13-28(14-16-29)27-11-8-26(9-12-27)10-22-33(35)36/h8-9,11-12,22,28-32,34H,2-7,10,13-21,23-25H2,1H3. The number of unbranched alkanes of at least 4 members (excludes halogenated alkanes) is 5. The molecule has 0 N–H and O–H groups in total. The van der Waals surface area contributed by atoms with E-state index in [0.29, 0.717) is 12.3 Å². The largest absolute Gasteiger partial charge is 0.353 e. The summed E-state index contributed by atoms with van der Waals surface area (Å²) in [4.78, 5) is 0. The van der Waals surface area contributed by atoms with Crippen molar-refractivity contribution in [3.05, 3.63) is 47.5 Å². The summed E-state index contributed by atoms with van der Waals surface area (Å²) in [7, 11) is 0. The van der Waals surface area contributed by atoms with E-state index >= 15 is 0 Å². The Kier molecular flexibility index (Phi) is 12.6. The first-order chi connectivity index (χ1) is 18.6. The van der Waals surface area contributed by atoms with Gasteiger partial charge in [0.1, 0.15) is 0 Å². The first-order valence-electron chi connectivity index (χ1n) is 16.0. The summed E-state index contributed by atoms with van der Waals surface area (Å²) in [6.07, 6.45) is 20.8. The lowest BCUT2D eigenvalue weighted by Gasteiger charge is -2.41. The maximum Gasteiger partial charge on any atom is 0.266 e. The highest BCUT2D eigenvalue weighted by molar-refractivity contribution is 5.27. The highest BCUT2D eigenvalue weighted by atomic mass is 19.3. The molecule has 0 radical (unpaired) electrons. The molecule has 0 spiro atoms. The van der Waals surface area contributed by atoms with E-state index in [1.54, 1.807) is 0 Å². The van der Waals surface area contributed by atoms with E-state index in [9.17, 15) is 8.78 Å². The van der Waals surface area contributed by atoms with Gasteiger partial charge in [-0.1, -0.05) is 63.3 Å². The minimum Gasteiger partial charge on any atom is -0.353 e. The summed E-state index contributed by atoms with van der Waals surface area (Å²) < 4.78 is 36.9. The molecule has 4 heteroatoms. The Morgan fingerprint density at radius 3 is 1.95 bits per heavy atom. The number of halogens is 2. The topological polar surface area (TPSA) is 18.5 Å². The van der Waals surface area contributed by atoms with Crippen LogP contribution < -0.4 is 0 Å². The molecular formula is C34H52F2O2. The maximum absolute atomic E-state index is 12.3. The lowest BCUT2D eigenvalue weighted by Crippen LogP contribution is -2.34. The fourth-order valence-electron chi connectivity index (χ4n) is 7.48. The van der Waals surface area contributed by atoms with Crippen LogP contribution in [0.15, 0.2) is 36.4 Å². The van der Waals surface area contributed by atoms with E-state index in [4.69, 9.17) is 9.47 Å². The lowest BCUT2D eigenvalue weighted by atomic mass is 9.66. The van der Waals surface area contributed by atoms with Gasteiger partial charge in [-0.2, -0.15) is 8.78 Å². The lowest BCUT2D eigenvalue weighted by molar-refractivity contribution is -0.182. The van der Waals surface area contributed by atoms with Gasteiger partial charge in [-0.25, -0.2) is 0 Å². The second kappa shape index (κ2) is 16.1. The molecule has 2 nitrogen and oxygen atoms in total. The van der Waals surface area contributed by atoms with Crippen molar-refractivity contribution in [1.82, 2.24) is 0 Å². The molecule has 2 unspecified atom stereocenters. The van der Waals surface area contributed by atoms with E-state index in [0.717, 1.165) is 54.9 Å². The van der Waals surface area contributed by atoms with Crippen LogP contribution in [0.25, 0.3) is 0 Å². The Bertz CT molecular complexity index is 794. The number of hydrogen-bond donors (Lipinski definition) is 0. The van der Waals surface area contributed by atoms with Crippen LogP contribution >= 0.6 is 0 Å². The van der Waals surface area contributed by atoms with E-state index in [1.165, 1.54) is 102 Å². The van der Waals surface area contributed by atoms with Crippen LogP contribution in [-0.4, -0.2) is 19.5 Å².